The highest BCUT2D eigenvalue weighted by Crippen LogP contribution is 2.37. The second kappa shape index (κ2) is 10.7. The molecular formula is C25H32F2O7. The van der Waals surface area contributed by atoms with E-state index in [0.717, 1.165) is 32.1 Å². The van der Waals surface area contributed by atoms with E-state index < -0.39 is 41.6 Å². The standard InChI is InChI=1S/C25H32F2O7/c1-24(2,18-10-6-7-11-18)34-23(31)32-19-14-12-17(13-15-19)21(28)33-20(25(26,27)22(29)30)16-8-4-3-5-9-16/h12-16,18,20H,3-11H2,1-2H3,(H,29,30). The summed E-state index contributed by atoms with van der Waals surface area (Å²) in [4.78, 5) is 35.9. The highest BCUT2D eigenvalue weighted by atomic mass is 19.3. The average Bonchev–Trinajstić information content (AvgIpc) is 3.34. The number of aliphatic carboxylic acids is 1. The Morgan fingerprint density at radius 1 is 0.941 bits per heavy atom. The molecule has 0 spiro atoms. The van der Waals surface area contributed by atoms with Crippen molar-refractivity contribution in [3.63, 3.8) is 0 Å². The second-order valence-electron chi connectivity index (χ2n) is 9.72. The van der Waals surface area contributed by atoms with Gasteiger partial charge >= 0.3 is 24.0 Å². The maximum absolute atomic E-state index is 14.4. The molecule has 0 aromatic heterocycles. The van der Waals surface area contributed by atoms with Gasteiger partial charge in [0, 0.05) is 5.92 Å². The highest BCUT2D eigenvalue weighted by Gasteiger charge is 2.53. The highest BCUT2D eigenvalue weighted by molar-refractivity contribution is 5.90. The van der Waals surface area contributed by atoms with E-state index in [-0.39, 0.29) is 17.2 Å². The zero-order valence-electron chi connectivity index (χ0n) is 19.6. The maximum Gasteiger partial charge on any atom is 0.514 e. The molecular weight excluding hydrogens is 450 g/mol. The van der Waals surface area contributed by atoms with E-state index in [1.165, 1.54) is 24.3 Å². The first kappa shape index (κ1) is 25.9. The van der Waals surface area contributed by atoms with Gasteiger partial charge in [0.25, 0.3) is 0 Å². The molecule has 34 heavy (non-hydrogen) atoms. The lowest BCUT2D eigenvalue weighted by Crippen LogP contribution is -2.48. The summed E-state index contributed by atoms with van der Waals surface area (Å²) in [5, 5.41) is 8.99. The summed E-state index contributed by atoms with van der Waals surface area (Å²) in [7, 11) is 0. The molecule has 1 aromatic rings. The molecule has 0 aliphatic heterocycles. The molecule has 188 valence electrons. The van der Waals surface area contributed by atoms with Gasteiger partial charge in [0.05, 0.1) is 5.56 Å². The monoisotopic (exact) mass is 482 g/mol. The van der Waals surface area contributed by atoms with Gasteiger partial charge in [-0.1, -0.05) is 32.1 Å². The molecule has 9 heteroatoms. The fourth-order valence-electron chi connectivity index (χ4n) is 4.90. The van der Waals surface area contributed by atoms with Crippen LogP contribution in [0.2, 0.25) is 0 Å². The Bertz CT molecular complexity index is 870. The normalized spacial score (nSPS) is 18.8. The van der Waals surface area contributed by atoms with Crippen molar-refractivity contribution >= 4 is 18.1 Å². The Morgan fingerprint density at radius 2 is 1.50 bits per heavy atom. The van der Waals surface area contributed by atoms with Gasteiger partial charge in [-0.25, -0.2) is 14.4 Å². The number of benzene rings is 1. The molecule has 0 bridgehead atoms. The summed E-state index contributed by atoms with van der Waals surface area (Å²) in [5.74, 6) is -7.94. The van der Waals surface area contributed by atoms with Crippen LogP contribution in [0.25, 0.3) is 0 Å². The van der Waals surface area contributed by atoms with Crippen molar-refractivity contribution in [1.82, 2.24) is 0 Å². The van der Waals surface area contributed by atoms with Crippen LogP contribution in [0.4, 0.5) is 13.6 Å². The van der Waals surface area contributed by atoms with E-state index >= 15 is 0 Å². The first-order valence-electron chi connectivity index (χ1n) is 11.8. The molecule has 2 aliphatic carbocycles. The summed E-state index contributed by atoms with van der Waals surface area (Å²) in [5.41, 5.74) is -0.727. The van der Waals surface area contributed by atoms with Crippen LogP contribution < -0.4 is 4.74 Å². The molecule has 0 amide bonds. The molecule has 1 aromatic carbocycles. The van der Waals surface area contributed by atoms with Crippen molar-refractivity contribution in [2.75, 3.05) is 0 Å². The second-order valence-corrected chi connectivity index (χ2v) is 9.72. The van der Waals surface area contributed by atoms with Gasteiger partial charge in [0.1, 0.15) is 11.4 Å². The van der Waals surface area contributed by atoms with Crippen molar-refractivity contribution < 1.29 is 42.5 Å². The molecule has 0 heterocycles. The molecule has 0 saturated heterocycles. The van der Waals surface area contributed by atoms with E-state index in [0.29, 0.717) is 25.7 Å². The first-order valence-corrected chi connectivity index (χ1v) is 11.8. The number of alkyl halides is 2. The van der Waals surface area contributed by atoms with Crippen LogP contribution in [-0.4, -0.2) is 40.8 Å². The van der Waals surface area contributed by atoms with E-state index in [1.54, 1.807) is 0 Å². The summed E-state index contributed by atoms with van der Waals surface area (Å²) >= 11 is 0. The molecule has 7 nitrogen and oxygen atoms in total. The number of carboxylic acid groups (broad SMARTS) is 1. The molecule has 0 radical (unpaired) electrons. The predicted octanol–water partition coefficient (Wildman–Crippen LogP) is 6.00. The number of esters is 1. The van der Waals surface area contributed by atoms with Gasteiger partial charge in [-0.2, -0.15) is 8.78 Å². The Labute approximate surface area is 197 Å². The zero-order valence-corrected chi connectivity index (χ0v) is 19.6. The fraction of sp³-hybridized carbons (Fsp3) is 0.640. The van der Waals surface area contributed by atoms with Gasteiger partial charge < -0.3 is 19.3 Å². The smallest absolute Gasteiger partial charge is 0.477 e. The summed E-state index contributed by atoms with van der Waals surface area (Å²) in [6, 6.07) is 5.19. The first-order chi connectivity index (χ1) is 16.0. The number of carbonyl (C=O) groups is 3. The summed E-state index contributed by atoms with van der Waals surface area (Å²) in [6.07, 6.45) is 4.21. The van der Waals surface area contributed by atoms with Crippen molar-refractivity contribution in [1.29, 1.82) is 0 Å². The van der Waals surface area contributed by atoms with Gasteiger partial charge in [-0.05, 0) is 69.7 Å². The van der Waals surface area contributed by atoms with E-state index in [2.05, 4.69) is 0 Å². The van der Waals surface area contributed by atoms with Crippen LogP contribution in [0.3, 0.4) is 0 Å². The molecule has 2 saturated carbocycles. The summed E-state index contributed by atoms with van der Waals surface area (Å²) < 4.78 is 44.5. The number of carbonyl (C=O) groups excluding carboxylic acids is 2. The Kier molecular flexibility index (Phi) is 8.15. The predicted molar refractivity (Wildman–Crippen MR) is 118 cm³/mol. The topological polar surface area (TPSA) is 99.1 Å². The lowest BCUT2D eigenvalue weighted by molar-refractivity contribution is -0.189. The maximum atomic E-state index is 14.4. The van der Waals surface area contributed by atoms with Crippen LogP contribution in [-0.2, 0) is 14.3 Å². The largest absolute Gasteiger partial charge is 0.514 e. The third-order valence-electron chi connectivity index (χ3n) is 6.93. The fourth-order valence-corrected chi connectivity index (χ4v) is 4.90. The van der Waals surface area contributed by atoms with Gasteiger partial charge in [0.2, 0.25) is 0 Å². The van der Waals surface area contributed by atoms with Crippen LogP contribution in [0, 0.1) is 11.8 Å². The molecule has 2 aliphatic rings. The number of halogens is 2. The SMILES string of the molecule is CC(C)(OC(=O)Oc1ccc(C(=O)OC(C2CCCCC2)C(F)(F)C(=O)O)cc1)C1CCCC1. The van der Waals surface area contributed by atoms with Gasteiger partial charge in [-0.15, -0.1) is 0 Å². The number of carboxylic acids is 1. The van der Waals surface area contributed by atoms with Crippen LogP contribution >= 0.6 is 0 Å². The quantitative estimate of drug-likeness (QED) is 0.358. The third-order valence-corrected chi connectivity index (χ3v) is 6.93. The number of hydrogen-bond donors (Lipinski definition) is 1. The average molecular weight is 483 g/mol. The van der Waals surface area contributed by atoms with Crippen LogP contribution in [0.5, 0.6) is 5.75 Å². The van der Waals surface area contributed by atoms with E-state index in [1.807, 2.05) is 13.8 Å². The summed E-state index contributed by atoms with van der Waals surface area (Å²) in [6.45, 7) is 3.69. The molecule has 3 rings (SSSR count). The molecule has 1 atom stereocenters. The van der Waals surface area contributed by atoms with E-state index in [9.17, 15) is 23.2 Å². The molecule has 1 N–H and O–H groups in total. The minimum atomic E-state index is -4.20. The Hall–Kier alpha value is -2.71. The minimum Gasteiger partial charge on any atom is -0.477 e. The Morgan fingerprint density at radius 3 is 2.06 bits per heavy atom. The van der Waals surface area contributed by atoms with Crippen molar-refractivity contribution in [3.05, 3.63) is 29.8 Å². The van der Waals surface area contributed by atoms with Crippen molar-refractivity contribution in [3.8, 4) is 5.75 Å². The number of hydrogen-bond acceptors (Lipinski definition) is 6. The molecule has 2 fully saturated rings. The van der Waals surface area contributed by atoms with Crippen LogP contribution in [0.1, 0.15) is 82.0 Å². The third kappa shape index (κ3) is 6.24. The number of ether oxygens (including phenoxy) is 3. The molecule has 1 unspecified atom stereocenters. The van der Waals surface area contributed by atoms with Gasteiger partial charge in [0.15, 0.2) is 6.10 Å². The zero-order chi connectivity index (χ0) is 24.9. The van der Waals surface area contributed by atoms with Crippen molar-refractivity contribution in [2.45, 2.75) is 89.3 Å². The van der Waals surface area contributed by atoms with Crippen molar-refractivity contribution in [2.24, 2.45) is 11.8 Å². The number of rotatable bonds is 8. The lowest BCUT2D eigenvalue weighted by Gasteiger charge is -2.33. The van der Waals surface area contributed by atoms with E-state index in [4.69, 9.17) is 19.3 Å². The lowest BCUT2D eigenvalue weighted by atomic mass is 9.83. The van der Waals surface area contributed by atoms with Crippen LogP contribution in [0.15, 0.2) is 24.3 Å². The van der Waals surface area contributed by atoms with Gasteiger partial charge in [-0.3, -0.25) is 0 Å². The Balaban J connectivity index is 1.62. The minimum absolute atomic E-state index is 0.0611.